The van der Waals surface area contributed by atoms with Gasteiger partial charge in [0.2, 0.25) is 5.91 Å². The molecule has 0 heterocycles. The van der Waals surface area contributed by atoms with Crippen LogP contribution in [0.4, 0.5) is 0 Å². The van der Waals surface area contributed by atoms with Crippen molar-refractivity contribution in [3.8, 4) is 0 Å². The highest BCUT2D eigenvalue weighted by atomic mass is 16.3. The molecule has 0 bridgehead atoms. The maximum absolute atomic E-state index is 12.4. The van der Waals surface area contributed by atoms with E-state index in [4.69, 9.17) is 10.8 Å². The van der Waals surface area contributed by atoms with Gasteiger partial charge in [0.25, 0.3) is 0 Å². The van der Waals surface area contributed by atoms with E-state index in [1.165, 1.54) is 0 Å². The number of hydrogen-bond donors (Lipinski definition) is 2. The van der Waals surface area contributed by atoms with Gasteiger partial charge in [0.05, 0.1) is 12.0 Å². The summed E-state index contributed by atoms with van der Waals surface area (Å²) in [4.78, 5) is 14.2. The van der Waals surface area contributed by atoms with E-state index in [0.717, 1.165) is 12.8 Å². The summed E-state index contributed by atoms with van der Waals surface area (Å²) in [7, 11) is 0. The molecule has 0 saturated carbocycles. The van der Waals surface area contributed by atoms with Crippen LogP contribution in [0.2, 0.25) is 0 Å². The molecule has 17 heavy (non-hydrogen) atoms. The molecule has 4 heteroatoms. The van der Waals surface area contributed by atoms with E-state index in [1.54, 1.807) is 4.90 Å². The smallest absolute Gasteiger partial charge is 0.230 e. The van der Waals surface area contributed by atoms with Gasteiger partial charge in [-0.1, -0.05) is 13.3 Å². The molecule has 4 nitrogen and oxygen atoms in total. The molecule has 0 aromatic carbocycles. The number of rotatable bonds is 7. The van der Waals surface area contributed by atoms with Gasteiger partial charge in [-0.3, -0.25) is 4.79 Å². The first kappa shape index (κ1) is 16.4. The van der Waals surface area contributed by atoms with Crippen LogP contribution >= 0.6 is 0 Å². The Hall–Kier alpha value is -0.610. The van der Waals surface area contributed by atoms with Crippen LogP contribution < -0.4 is 5.73 Å². The lowest BCUT2D eigenvalue weighted by Crippen LogP contribution is -2.57. The average molecular weight is 244 g/mol. The monoisotopic (exact) mass is 244 g/mol. The lowest BCUT2D eigenvalue weighted by atomic mass is 9.74. The van der Waals surface area contributed by atoms with Gasteiger partial charge < -0.3 is 15.7 Å². The fourth-order valence-electron chi connectivity index (χ4n) is 1.46. The number of nitrogens with zero attached hydrogens (tertiary/aromatic N) is 1. The number of carbonyl (C=O) groups is 1. The molecule has 1 amide bonds. The van der Waals surface area contributed by atoms with E-state index < -0.39 is 11.0 Å². The van der Waals surface area contributed by atoms with Crippen molar-refractivity contribution in [1.82, 2.24) is 4.90 Å². The van der Waals surface area contributed by atoms with Crippen LogP contribution in [-0.2, 0) is 4.79 Å². The van der Waals surface area contributed by atoms with E-state index in [1.807, 2.05) is 27.7 Å². The van der Waals surface area contributed by atoms with Gasteiger partial charge in [-0.15, -0.1) is 0 Å². The number of aliphatic hydroxyl groups is 1. The van der Waals surface area contributed by atoms with Gasteiger partial charge in [-0.25, -0.2) is 0 Å². The second kappa shape index (κ2) is 6.36. The van der Waals surface area contributed by atoms with Crippen molar-refractivity contribution in [1.29, 1.82) is 0 Å². The van der Waals surface area contributed by atoms with Crippen molar-refractivity contribution >= 4 is 5.91 Å². The van der Waals surface area contributed by atoms with Crippen molar-refractivity contribution in [3.63, 3.8) is 0 Å². The minimum absolute atomic E-state index is 0.00344. The lowest BCUT2D eigenvalue weighted by molar-refractivity contribution is -0.144. The number of unbranched alkanes of at least 4 members (excludes halogenated alkanes) is 1. The van der Waals surface area contributed by atoms with Gasteiger partial charge in [0.1, 0.15) is 0 Å². The predicted molar refractivity (Wildman–Crippen MR) is 70.6 cm³/mol. The molecular formula is C13H28N2O2. The summed E-state index contributed by atoms with van der Waals surface area (Å²) in [5, 5.41) is 9.03. The number of aliphatic hydroxyl groups excluding tert-OH is 1. The molecular weight excluding hydrogens is 216 g/mol. The zero-order valence-electron chi connectivity index (χ0n) is 11.9. The lowest BCUT2D eigenvalue weighted by Gasteiger charge is -2.40. The van der Waals surface area contributed by atoms with E-state index in [0.29, 0.717) is 13.1 Å². The Morgan fingerprint density at radius 3 is 2.12 bits per heavy atom. The quantitative estimate of drug-likeness (QED) is 0.711. The molecule has 3 N–H and O–H groups in total. The third kappa shape index (κ3) is 4.28. The van der Waals surface area contributed by atoms with Crippen LogP contribution in [0.15, 0.2) is 0 Å². The van der Waals surface area contributed by atoms with Crippen LogP contribution in [0.25, 0.3) is 0 Å². The Bertz CT molecular complexity index is 244. The van der Waals surface area contributed by atoms with E-state index in [-0.39, 0.29) is 12.5 Å². The van der Waals surface area contributed by atoms with Crippen LogP contribution in [0.1, 0.15) is 47.5 Å². The summed E-state index contributed by atoms with van der Waals surface area (Å²) in [6.07, 6.45) is 1.98. The molecule has 0 atom stereocenters. The number of hydrogen-bond acceptors (Lipinski definition) is 3. The molecule has 0 spiro atoms. The molecule has 0 fully saturated rings. The maximum Gasteiger partial charge on any atom is 0.230 e. The van der Waals surface area contributed by atoms with Crippen molar-refractivity contribution in [2.75, 3.05) is 19.7 Å². The summed E-state index contributed by atoms with van der Waals surface area (Å²) in [5.41, 5.74) is 4.86. The molecule has 0 unspecified atom stereocenters. The van der Waals surface area contributed by atoms with Crippen molar-refractivity contribution in [2.45, 2.75) is 53.0 Å². The van der Waals surface area contributed by atoms with Crippen LogP contribution in [-0.4, -0.2) is 41.1 Å². The Labute approximate surface area is 105 Å². The topological polar surface area (TPSA) is 66.6 Å². The van der Waals surface area contributed by atoms with Gasteiger partial charge >= 0.3 is 0 Å². The van der Waals surface area contributed by atoms with Gasteiger partial charge in [-0.2, -0.15) is 0 Å². The number of amides is 1. The largest absolute Gasteiger partial charge is 0.395 e. The van der Waals surface area contributed by atoms with Gasteiger partial charge in [0.15, 0.2) is 0 Å². The summed E-state index contributed by atoms with van der Waals surface area (Å²) < 4.78 is 0. The fraction of sp³-hybridized carbons (Fsp3) is 0.923. The zero-order chi connectivity index (χ0) is 13.7. The minimum Gasteiger partial charge on any atom is -0.395 e. The summed E-state index contributed by atoms with van der Waals surface area (Å²) in [6, 6.07) is 0. The van der Waals surface area contributed by atoms with Crippen molar-refractivity contribution < 1.29 is 9.90 Å². The molecule has 0 aromatic rings. The predicted octanol–water partition coefficient (Wildman–Crippen LogP) is 1.37. The van der Waals surface area contributed by atoms with Crippen molar-refractivity contribution in [3.05, 3.63) is 0 Å². The van der Waals surface area contributed by atoms with Crippen LogP contribution in [0, 0.1) is 5.41 Å². The Balaban J connectivity index is 4.81. The third-order valence-electron chi connectivity index (χ3n) is 3.58. The van der Waals surface area contributed by atoms with E-state index in [9.17, 15) is 4.79 Å². The second-order valence-corrected chi connectivity index (χ2v) is 5.72. The fourth-order valence-corrected chi connectivity index (χ4v) is 1.46. The zero-order valence-corrected chi connectivity index (χ0v) is 11.9. The second-order valence-electron chi connectivity index (χ2n) is 5.72. The number of nitrogens with two attached hydrogens (primary N) is 1. The summed E-state index contributed by atoms with van der Waals surface area (Å²) >= 11 is 0. The molecule has 0 aliphatic carbocycles. The first-order valence-electron chi connectivity index (χ1n) is 6.37. The highest BCUT2D eigenvalue weighted by Gasteiger charge is 2.42. The molecule has 0 radical (unpaired) electrons. The Morgan fingerprint density at radius 2 is 1.76 bits per heavy atom. The molecule has 102 valence electrons. The van der Waals surface area contributed by atoms with Crippen LogP contribution in [0.3, 0.4) is 0 Å². The minimum atomic E-state index is -0.629. The number of carbonyl (C=O) groups excluding carboxylic acids is 1. The standard InChI is InChI=1S/C13H28N2O2/c1-6-7-8-15(9-10-16)11(17)12(2,3)13(4,5)14/h16H,6-10,14H2,1-5H3. The first-order chi connectivity index (χ1) is 7.68. The molecule has 0 rings (SSSR count). The molecule has 0 aliphatic heterocycles. The molecule has 0 saturated heterocycles. The van der Waals surface area contributed by atoms with Gasteiger partial charge in [0, 0.05) is 18.6 Å². The molecule has 0 aliphatic rings. The highest BCUT2D eigenvalue weighted by Crippen LogP contribution is 2.30. The van der Waals surface area contributed by atoms with E-state index in [2.05, 4.69) is 6.92 Å². The average Bonchev–Trinajstić information content (AvgIpc) is 2.21. The first-order valence-corrected chi connectivity index (χ1v) is 6.37. The Morgan fingerprint density at radius 1 is 1.24 bits per heavy atom. The molecule has 0 aromatic heterocycles. The van der Waals surface area contributed by atoms with E-state index >= 15 is 0 Å². The summed E-state index contributed by atoms with van der Waals surface area (Å²) in [6.45, 7) is 10.6. The van der Waals surface area contributed by atoms with Gasteiger partial charge in [-0.05, 0) is 34.1 Å². The van der Waals surface area contributed by atoms with Crippen molar-refractivity contribution in [2.24, 2.45) is 11.1 Å². The third-order valence-corrected chi connectivity index (χ3v) is 3.58. The Kier molecular flexibility index (Phi) is 6.13. The normalized spacial score (nSPS) is 12.6. The SMILES string of the molecule is CCCCN(CCO)C(=O)C(C)(C)C(C)(C)N. The summed E-state index contributed by atoms with van der Waals surface area (Å²) in [5.74, 6) is 0.0208. The highest BCUT2D eigenvalue weighted by molar-refractivity contribution is 5.83. The van der Waals surface area contributed by atoms with Crippen LogP contribution in [0.5, 0.6) is 0 Å². The maximum atomic E-state index is 12.4.